The number of furan rings is 1. The Balaban J connectivity index is 1.15. The van der Waals surface area contributed by atoms with Gasteiger partial charge in [0.2, 0.25) is 5.95 Å². The fourth-order valence-corrected chi connectivity index (χ4v) is 5.50. The summed E-state index contributed by atoms with van der Waals surface area (Å²) in [6.07, 6.45) is 4.91. The Morgan fingerprint density at radius 1 is 1.12 bits per heavy atom. The molecule has 6 rings (SSSR count). The standard InChI is InChI=1S/C32H32N6O3/c1-21-19-34-32(35-25-6-8-26(9-7-25)37-14-11-27(40-2)12-15-37)36-30(21)28-17-23-10-13-38(20-29(23)41-28)31(39)24-5-3-4-22(16-24)18-33/h3-9,16-17,19,27H,10-15,20H2,1-2H3,(H,34,35,36). The van der Waals surface area contributed by atoms with Gasteiger partial charge in [0.05, 0.1) is 24.3 Å². The number of ether oxygens (including phenoxy) is 1. The highest BCUT2D eigenvalue weighted by Gasteiger charge is 2.26. The molecule has 9 heteroatoms. The van der Waals surface area contributed by atoms with E-state index >= 15 is 0 Å². The Morgan fingerprint density at radius 2 is 1.93 bits per heavy atom. The Labute approximate surface area is 239 Å². The molecule has 4 heterocycles. The first-order valence-corrected chi connectivity index (χ1v) is 13.9. The molecule has 2 aliphatic rings. The van der Waals surface area contributed by atoms with Gasteiger partial charge in [-0.2, -0.15) is 5.26 Å². The van der Waals surface area contributed by atoms with E-state index in [0.29, 0.717) is 54.1 Å². The lowest BCUT2D eigenvalue weighted by atomic mass is 10.0. The molecule has 0 saturated carbocycles. The maximum Gasteiger partial charge on any atom is 0.254 e. The molecule has 208 valence electrons. The number of nitrogens with zero attached hydrogens (tertiary/aromatic N) is 5. The summed E-state index contributed by atoms with van der Waals surface area (Å²) >= 11 is 0. The molecule has 0 spiro atoms. The van der Waals surface area contributed by atoms with Gasteiger partial charge in [-0.3, -0.25) is 4.79 Å². The maximum absolute atomic E-state index is 13.1. The van der Waals surface area contributed by atoms with Crippen LogP contribution in [0.3, 0.4) is 0 Å². The normalized spacial score (nSPS) is 15.3. The minimum absolute atomic E-state index is 0.110. The number of hydrogen-bond acceptors (Lipinski definition) is 8. The third-order valence-corrected chi connectivity index (χ3v) is 7.88. The van der Waals surface area contributed by atoms with Crippen LogP contribution in [0.2, 0.25) is 0 Å². The Kier molecular flexibility index (Phi) is 7.40. The number of piperidine rings is 1. The number of benzene rings is 2. The van der Waals surface area contributed by atoms with E-state index in [1.54, 1.807) is 42.5 Å². The van der Waals surface area contributed by atoms with Crippen molar-refractivity contribution < 1.29 is 13.9 Å². The van der Waals surface area contributed by atoms with Crippen molar-refractivity contribution in [3.05, 3.63) is 88.8 Å². The van der Waals surface area contributed by atoms with Crippen LogP contribution < -0.4 is 10.2 Å². The molecule has 2 aromatic carbocycles. The van der Waals surface area contributed by atoms with Crippen LogP contribution in [0.1, 0.15) is 45.7 Å². The highest BCUT2D eigenvalue weighted by atomic mass is 16.5. The van der Waals surface area contributed by atoms with Crippen LogP contribution in [0.5, 0.6) is 0 Å². The fraction of sp³-hybridized carbons (Fsp3) is 0.312. The first-order chi connectivity index (χ1) is 20.0. The van der Waals surface area contributed by atoms with Crippen molar-refractivity contribution in [2.24, 2.45) is 0 Å². The minimum Gasteiger partial charge on any atom is -0.457 e. The molecule has 41 heavy (non-hydrogen) atoms. The Hall–Kier alpha value is -4.68. The van der Waals surface area contributed by atoms with Crippen molar-refractivity contribution >= 4 is 23.2 Å². The molecule has 0 atom stereocenters. The molecular formula is C32H32N6O3. The van der Waals surface area contributed by atoms with Gasteiger partial charge in [-0.05, 0) is 85.8 Å². The number of methoxy groups -OCH3 is 1. The number of amides is 1. The molecule has 0 unspecified atom stereocenters. The third kappa shape index (κ3) is 5.65. The molecule has 1 amide bonds. The highest BCUT2D eigenvalue weighted by Crippen LogP contribution is 2.32. The molecular weight excluding hydrogens is 516 g/mol. The van der Waals surface area contributed by atoms with E-state index in [9.17, 15) is 10.1 Å². The lowest BCUT2D eigenvalue weighted by molar-refractivity contribution is 0.0720. The van der Waals surface area contributed by atoms with Crippen molar-refractivity contribution in [2.75, 3.05) is 37.0 Å². The first-order valence-electron chi connectivity index (χ1n) is 13.9. The SMILES string of the molecule is COC1CCN(c2ccc(Nc3ncc(C)c(-c4cc5c(o4)CN(C(=O)c4cccc(C#N)c4)CC5)n3)cc2)CC1. The Bertz CT molecular complexity index is 1600. The number of aromatic nitrogens is 2. The van der Waals surface area contributed by atoms with E-state index in [-0.39, 0.29) is 5.91 Å². The van der Waals surface area contributed by atoms with E-state index in [1.165, 1.54) is 5.69 Å². The zero-order chi connectivity index (χ0) is 28.3. The van der Waals surface area contributed by atoms with Crippen LogP contribution in [0.4, 0.5) is 17.3 Å². The number of carbonyl (C=O) groups excluding carboxylic acids is 1. The molecule has 1 saturated heterocycles. The topological polar surface area (TPSA) is 108 Å². The second-order valence-corrected chi connectivity index (χ2v) is 10.5. The fourth-order valence-electron chi connectivity index (χ4n) is 5.50. The second kappa shape index (κ2) is 11.4. The van der Waals surface area contributed by atoms with Crippen molar-refractivity contribution in [1.29, 1.82) is 5.26 Å². The molecule has 1 fully saturated rings. The summed E-state index contributed by atoms with van der Waals surface area (Å²) in [5.41, 5.74) is 5.77. The molecule has 9 nitrogen and oxygen atoms in total. The van der Waals surface area contributed by atoms with Gasteiger partial charge in [0.25, 0.3) is 5.91 Å². The van der Waals surface area contributed by atoms with Crippen molar-refractivity contribution in [3.63, 3.8) is 0 Å². The third-order valence-electron chi connectivity index (χ3n) is 7.88. The molecule has 2 aromatic heterocycles. The van der Waals surface area contributed by atoms with Gasteiger partial charge in [0.1, 0.15) is 11.5 Å². The number of hydrogen-bond donors (Lipinski definition) is 1. The number of anilines is 3. The van der Waals surface area contributed by atoms with Gasteiger partial charge >= 0.3 is 0 Å². The number of fused-ring (bicyclic) bond motifs is 1. The molecule has 1 N–H and O–H groups in total. The first kappa shape index (κ1) is 26.5. The number of carbonyl (C=O) groups is 1. The van der Waals surface area contributed by atoms with Crippen LogP contribution in [0.25, 0.3) is 11.5 Å². The van der Waals surface area contributed by atoms with Gasteiger partial charge in [-0.25, -0.2) is 9.97 Å². The van der Waals surface area contributed by atoms with Gasteiger partial charge in [-0.15, -0.1) is 0 Å². The predicted molar refractivity (Wildman–Crippen MR) is 156 cm³/mol. The van der Waals surface area contributed by atoms with Crippen LogP contribution >= 0.6 is 0 Å². The molecule has 0 bridgehead atoms. The van der Waals surface area contributed by atoms with E-state index in [1.807, 2.05) is 25.1 Å². The summed E-state index contributed by atoms with van der Waals surface area (Å²) in [6, 6.07) is 19.2. The quantitative estimate of drug-likeness (QED) is 0.338. The van der Waals surface area contributed by atoms with E-state index in [4.69, 9.17) is 14.1 Å². The molecule has 0 radical (unpaired) electrons. The monoisotopic (exact) mass is 548 g/mol. The lowest BCUT2D eigenvalue weighted by Gasteiger charge is -2.33. The number of nitriles is 1. The van der Waals surface area contributed by atoms with Gasteiger partial charge in [0.15, 0.2) is 5.76 Å². The largest absolute Gasteiger partial charge is 0.457 e. The zero-order valence-electron chi connectivity index (χ0n) is 23.3. The second-order valence-electron chi connectivity index (χ2n) is 10.5. The van der Waals surface area contributed by atoms with Crippen LogP contribution in [0, 0.1) is 18.3 Å². The summed E-state index contributed by atoms with van der Waals surface area (Å²) < 4.78 is 11.7. The van der Waals surface area contributed by atoms with Crippen LogP contribution in [0.15, 0.2) is 65.2 Å². The van der Waals surface area contributed by atoms with Crippen molar-refractivity contribution in [2.45, 2.75) is 38.8 Å². The summed E-state index contributed by atoms with van der Waals surface area (Å²) in [6.45, 7) is 4.89. The summed E-state index contributed by atoms with van der Waals surface area (Å²) in [4.78, 5) is 26.5. The average molecular weight is 549 g/mol. The summed E-state index contributed by atoms with van der Waals surface area (Å²) in [5.74, 6) is 1.80. The summed E-state index contributed by atoms with van der Waals surface area (Å²) in [5, 5.41) is 12.5. The average Bonchev–Trinajstić information content (AvgIpc) is 3.45. The number of rotatable bonds is 6. The Morgan fingerprint density at radius 3 is 2.68 bits per heavy atom. The smallest absolute Gasteiger partial charge is 0.254 e. The number of aryl methyl sites for hydroxylation is 1. The van der Waals surface area contributed by atoms with E-state index in [2.05, 4.69) is 33.4 Å². The van der Waals surface area contributed by atoms with E-state index < -0.39 is 0 Å². The lowest BCUT2D eigenvalue weighted by Crippen LogP contribution is -2.36. The van der Waals surface area contributed by atoms with Gasteiger partial charge in [-0.1, -0.05) is 6.07 Å². The van der Waals surface area contributed by atoms with Crippen molar-refractivity contribution in [1.82, 2.24) is 14.9 Å². The van der Waals surface area contributed by atoms with Crippen LogP contribution in [-0.4, -0.2) is 53.6 Å². The van der Waals surface area contributed by atoms with Gasteiger partial charge in [0, 0.05) is 49.9 Å². The maximum atomic E-state index is 13.1. The van der Waals surface area contributed by atoms with Crippen LogP contribution in [-0.2, 0) is 17.7 Å². The van der Waals surface area contributed by atoms with Gasteiger partial charge < -0.3 is 24.3 Å². The zero-order valence-corrected chi connectivity index (χ0v) is 23.3. The summed E-state index contributed by atoms with van der Waals surface area (Å²) in [7, 11) is 1.79. The van der Waals surface area contributed by atoms with Crippen molar-refractivity contribution in [3.8, 4) is 17.5 Å². The molecule has 0 aliphatic carbocycles. The predicted octanol–water partition coefficient (Wildman–Crippen LogP) is 5.47. The van der Waals surface area contributed by atoms with E-state index in [0.717, 1.165) is 48.5 Å². The number of nitrogens with one attached hydrogen (secondary N) is 1. The molecule has 4 aromatic rings. The highest BCUT2D eigenvalue weighted by molar-refractivity contribution is 5.94. The molecule has 2 aliphatic heterocycles. The minimum atomic E-state index is -0.110.